The molecule has 0 saturated heterocycles. The van der Waals surface area contributed by atoms with Gasteiger partial charge in [0.05, 0.1) is 0 Å². The highest BCUT2D eigenvalue weighted by molar-refractivity contribution is 8.76. The molecule has 7 heteroatoms. The predicted octanol–water partition coefficient (Wildman–Crippen LogP) is 4.33. The molecular formula is C20H21NO4S2. The van der Waals surface area contributed by atoms with Crippen molar-refractivity contribution in [1.82, 2.24) is 4.90 Å². The van der Waals surface area contributed by atoms with Crippen LogP contribution in [0.15, 0.2) is 48.5 Å². The number of nitrogens with zero attached hydrogens (tertiary/aromatic N) is 1. The Kier molecular flexibility index (Phi) is 6.34. The first-order chi connectivity index (χ1) is 13.0. The Balaban J connectivity index is 1.73. The zero-order valence-corrected chi connectivity index (χ0v) is 16.8. The fourth-order valence-electron chi connectivity index (χ4n) is 3.30. The van der Waals surface area contributed by atoms with Crippen LogP contribution in [-0.2, 0) is 9.53 Å². The molecule has 2 aromatic carbocycles. The van der Waals surface area contributed by atoms with Gasteiger partial charge in [-0.1, -0.05) is 70.1 Å². The highest BCUT2D eigenvalue weighted by atomic mass is 33.1. The average molecular weight is 404 g/mol. The summed E-state index contributed by atoms with van der Waals surface area (Å²) in [6.07, 6.45) is 1.25. The van der Waals surface area contributed by atoms with Crippen LogP contribution >= 0.6 is 21.6 Å². The first-order valence-electron chi connectivity index (χ1n) is 8.50. The number of ether oxygens (including phenoxy) is 1. The van der Waals surface area contributed by atoms with Crippen LogP contribution in [0, 0.1) is 0 Å². The van der Waals surface area contributed by atoms with Crippen LogP contribution in [0.25, 0.3) is 11.1 Å². The Morgan fingerprint density at radius 2 is 1.67 bits per heavy atom. The maximum atomic E-state index is 12.5. The third kappa shape index (κ3) is 4.09. The number of hydrogen-bond acceptors (Lipinski definition) is 5. The lowest BCUT2D eigenvalue weighted by Gasteiger charge is -2.24. The van der Waals surface area contributed by atoms with E-state index in [2.05, 4.69) is 12.1 Å². The monoisotopic (exact) mass is 403 g/mol. The van der Waals surface area contributed by atoms with Crippen molar-refractivity contribution >= 4 is 33.7 Å². The summed E-state index contributed by atoms with van der Waals surface area (Å²) in [4.78, 5) is 25.1. The molecule has 1 amide bonds. The summed E-state index contributed by atoms with van der Waals surface area (Å²) in [5.41, 5.74) is 4.56. The molecule has 1 atom stereocenters. The highest BCUT2D eigenvalue weighted by Crippen LogP contribution is 2.44. The van der Waals surface area contributed by atoms with E-state index in [4.69, 9.17) is 4.74 Å². The van der Waals surface area contributed by atoms with Gasteiger partial charge in [-0.2, -0.15) is 0 Å². The fraction of sp³-hybridized carbons (Fsp3) is 0.300. The van der Waals surface area contributed by atoms with Crippen LogP contribution in [0.3, 0.4) is 0 Å². The molecule has 0 spiro atoms. The Morgan fingerprint density at radius 3 is 2.19 bits per heavy atom. The van der Waals surface area contributed by atoms with E-state index in [0.717, 1.165) is 27.2 Å². The molecule has 2 aromatic rings. The van der Waals surface area contributed by atoms with Crippen molar-refractivity contribution in [3.05, 3.63) is 59.7 Å². The minimum absolute atomic E-state index is 0.0430. The number of hydrogen-bond donors (Lipinski definition) is 1. The summed E-state index contributed by atoms with van der Waals surface area (Å²) in [7, 11) is 4.34. The lowest BCUT2D eigenvalue weighted by atomic mass is 9.98. The number of carboxylic acids is 1. The Labute approximate surface area is 166 Å². The van der Waals surface area contributed by atoms with Crippen molar-refractivity contribution in [2.24, 2.45) is 0 Å². The molecule has 1 N–H and O–H groups in total. The molecule has 0 aromatic heterocycles. The van der Waals surface area contributed by atoms with Gasteiger partial charge in [-0.15, -0.1) is 0 Å². The van der Waals surface area contributed by atoms with Gasteiger partial charge in [-0.05, 0) is 28.5 Å². The number of amides is 1. The number of benzene rings is 2. The van der Waals surface area contributed by atoms with Gasteiger partial charge in [0.15, 0.2) is 0 Å². The molecule has 1 aliphatic carbocycles. The normalized spacial score (nSPS) is 13.6. The number of aliphatic carboxylic acids is 1. The number of carbonyl (C=O) groups excluding carboxylic acids is 1. The minimum Gasteiger partial charge on any atom is -0.480 e. The van der Waals surface area contributed by atoms with E-state index in [0.29, 0.717) is 5.75 Å². The van der Waals surface area contributed by atoms with Crippen LogP contribution in [0.5, 0.6) is 0 Å². The van der Waals surface area contributed by atoms with Crippen molar-refractivity contribution in [2.45, 2.75) is 12.0 Å². The quantitative estimate of drug-likeness (QED) is 0.694. The lowest BCUT2D eigenvalue weighted by molar-refractivity contribution is -0.141. The fourth-order valence-corrected chi connectivity index (χ4v) is 4.73. The third-order valence-corrected chi connectivity index (χ3v) is 6.52. The van der Waals surface area contributed by atoms with Gasteiger partial charge in [0.1, 0.15) is 12.6 Å². The molecule has 0 unspecified atom stereocenters. The molecule has 0 fully saturated rings. The van der Waals surface area contributed by atoms with Crippen LogP contribution in [0.4, 0.5) is 4.79 Å². The highest BCUT2D eigenvalue weighted by Gasteiger charge is 2.31. The van der Waals surface area contributed by atoms with E-state index in [1.54, 1.807) is 0 Å². The summed E-state index contributed by atoms with van der Waals surface area (Å²) in [5.74, 6) is -0.775. The van der Waals surface area contributed by atoms with Gasteiger partial charge in [-0.3, -0.25) is 4.90 Å². The average Bonchev–Trinajstić information content (AvgIpc) is 3.00. The Morgan fingerprint density at radius 1 is 1.11 bits per heavy atom. The number of carboxylic acid groups (broad SMARTS) is 1. The van der Waals surface area contributed by atoms with Crippen molar-refractivity contribution in [3.63, 3.8) is 0 Å². The number of carbonyl (C=O) groups is 2. The van der Waals surface area contributed by atoms with E-state index < -0.39 is 18.1 Å². The van der Waals surface area contributed by atoms with Crippen LogP contribution in [0.1, 0.15) is 17.0 Å². The lowest BCUT2D eigenvalue weighted by Crippen LogP contribution is -2.44. The second kappa shape index (κ2) is 8.71. The topological polar surface area (TPSA) is 66.8 Å². The summed E-state index contributed by atoms with van der Waals surface area (Å²) in [6.45, 7) is 0.180. The van der Waals surface area contributed by atoms with Gasteiger partial charge < -0.3 is 9.84 Å². The number of fused-ring (bicyclic) bond motifs is 3. The van der Waals surface area contributed by atoms with Gasteiger partial charge in [0.2, 0.25) is 0 Å². The second-order valence-electron chi connectivity index (χ2n) is 6.22. The maximum Gasteiger partial charge on any atom is 0.410 e. The minimum atomic E-state index is -1.03. The zero-order valence-electron chi connectivity index (χ0n) is 15.1. The molecular weight excluding hydrogens is 382 g/mol. The molecule has 0 radical (unpaired) electrons. The summed E-state index contributed by atoms with van der Waals surface area (Å²) in [5, 5.41) is 9.39. The summed E-state index contributed by atoms with van der Waals surface area (Å²) in [6, 6.07) is 15.3. The smallest absolute Gasteiger partial charge is 0.410 e. The van der Waals surface area contributed by atoms with E-state index in [1.807, 2.05) is 42.7 Å². The number of likely N-dealkylation sites (N-methyl/N-ethyl adjacent to an activating group) is 1. The standard InChI is InChI=1S/C20H21NO4S2/c1-21(18(19(22)23)12-27-26-2)20(24)25-11-17-15-9-5-3-7-13(15)14-8-4-6-10-16(14)17/h3-10,17-18H,11-12H2,1-2H3,(H,22,23)/t18-/m0/s1. The Bertz CT molecular complexity index is 797. The molecule has 27 heavy (non-hydrogen) atoms. The Hall–Kier alpha value is -2.12. The van der Waals surface area contributed by atoms with Crippen molar-refractivity contribution in [3.8, 4) is 11.1 Å². The first kappa shape index (κ1) is 19.6. The molecule has 0 bridgehead atoms. The van der Waals surface area contributed by atoms with E-state index >= 15 is 0 Å². The van der Waals surface area contributed by atoms with Gasteiger partial charge >= 0.3 is 12.1 Å². The molecule has 5 nitrogen and oxygen atoms in total. The predicted molar refractivity (Wildman–Crippen MR) is 110 cm³/mol. The molecule has 0 heterocycles. The third-order valence-electron chi connectivity index (χ3n) is 4.72. The maximum absolute atomic E-state index is 12.5. The van der Waals surface area contributed by atoms with Crippen LogP contribution in [0.2, 0.25) is 0 Å². The second-order valence-corrected chi connectivity index (χ2v) is 8.83. The van der Waals surface area contributed by atoms with E-state index in [1.165, 1.54) is 28.6 Å². The van der Waals surface area contributed by atoms with E-state index in [9.17, 15) is 14.7 Å². The van der Waals surface area contributed by atoms with Crippen molar-refractivity contribution < 1.29 is 19.4 Å². The molecule has 3 rings (SSSR count). The summed E-state index contributed by atoms with van der Waals surface area (Å²) >= 11 is 0. The summed E-state index contributed by atoms with van der Waals surface area (Å²) < 4.78 is 5.52. The first-order valence-corrected chi connectivity index (χ1v) is 11.2. The molecule has 0 aliphatic heterocycles. The SMILES string of the molecule is CSSC[C@@H](C(=O)O)N(C)C(=O)OCC1c2ccccc2-c2ccccc21. The zero-order chi connectivity index (χ0) is 19.4. The van der Waals surface area contributed by atoms with Gasteiger partial charge in [0, 0.05) is 18.7 Å². The number of rotatable bonds is 7. The van der Waals surface area contributed by atoms with Crippen molar-refractivity contribution in [2.75, 3.05) is 25.7 Å². The molecule has 0 saturated carbocycles. The van der Waals surface area contributed by atoms with Crippen molar-refractivity contribution in [1.29, 1.82) is 0 Å². The van der Waals surface area contributed by atoms with Crippen LogP contribution < -0.4 is 0 Å². The van der Waals surface area contributed by atoms with Crippen LogP contribution in [-0.4, -0.2) is 53.8 Å². The molecule has 1 aliphatic rings. The molecule has 142 valence electrons. The van der Waals surface area contributed by atoms with E-state index in [-0.39, 0.29) is 12.5 Å². The van der Waals surface area contributed by atoms with Gasteiger partial charge in [-0.25, -0.2) is 9.59 Å². The largest absolute Gasteiger partial charge is 0.480 e. The van der Waals surface area contributed by atoms with Gasteiger partial charge in [0.25, 0.3) is 0 Å².